The molecule has 0 bridgehead atoms. The molecule has 0 fully saturated rings. The predicted octanol–water partition coefficient (Wildman–Crippen LogP) is 0.718. The van der Waals surface area contributed by atoms with Gasteiger partial charge < -0.3 is 9.72 Å². The van der Waals surface area contributed by atoms with E-state index in [9.17, 15) is 9.59 Å². The van der Waals surface area contributed by atoms with Crippen LogP contribution in [0.1, 0.15) is 10.5 Å². The Morgan fingerprint density at radius 2 is 2.46 bits per heavy atom. The number of carbonyl (C=O) groups is 1. The first-order valence-electron chi connectivity index (χ1n) is 3.71. The van der Waals surface area contributed by atoms with Crippen LogP contribution in [0.2, 0.25) is 0 Å². The molecule has 0 amide bonds. The number of hydrogen-bond donors (Lipinski definition) is 1. The lowest BCUT2D eigenvalue weighted by atomic mass is 10.3. The lowest BCUT2D eigenvalue weighted by Gasteiger charge is -1.99. The van der Waals surface area contributed by atoms with Gasteiger partial charge in [0.1, 0.15) is 12.3 Å². The average molecular weight is 179 g/mol. The van der Waals surface area contributed by atoms with E-state index in [4.69, 9.17) is 4.74 Å². The minimum atomic E-state index is -0.558. The molecule has 0 aromatic carbocycles. The van der Waals surface area contributed by atoms with Crippen molar-refractivity contribution in [3.8, 4) is 0 Å². The summed E-state index contributed by atoms with van der Waals surface area (Å²) >= 11 is 0. The number of rotatable bonds is 3. The van der Waals surface area contributed by atoms with Gasteiger partial charge in [-0.15, -0.1) is 0 Å². The first-order chi connectivity index (χ1) is 6.24. The fourth-order valence-corrected chi connectivity index (χ4v) is 0.776. The van der Waals surface area contributed by atoms with Crippen LogP contribution in [0.3, 0.4) is 0 Å². The van der Waals surface area contributed by atoms with Crippen LogP contribution in [0.25, 0.3) is 0 Å². The Kier molecular flexibility index (Phi) is 3.03. The summed E-state index contributed by atoms with van der Waals surface area (Å²) in [5, 5.41) is 0. The van der Waals surface area contributed by atoms with Gasteiger partial charge in [0.25, 0.3) is 0 Å². The fourth-order valence-electron chi connectivity index (χ4n) is 0.776. The highest BCUT2D eigenvalue weighted by atomic mass is 16.5. The van der Waals surface area contributed by atoms with Crippen molar-refractivity contribution in [3.63, 3.8) is 0 Å². The van der Waals surface area contributed by atoms with E-state index in [0.717, 1.165) is 0 Å². The molecule has 0 saturated carbocycles. The van der Waals surface area contributed by atoms with Gasteiger partial charge in [0.2, 0.25) is 0 Å². The number of H-pyrrole nitrogens is 1. The summed E-state index contributed by atoms with van der Waals surface area (Å²) in [4.78, 5) is 24.5. The number of aromatic nitrogens is 1. The Hall–Kier alpha value is -1.84. The Morgan fingerprint density at radius 3 is 3.08 bits per heavy atom. The topological polar surface area (TPSA) is 59.2 Å². The molecule has 0 unspecified atom stereocenters. The van der Waals surface area contributed by atoms with E-state index >= 15 is 0 Å². The Balaban J connectivity index is 2.77. The van der Waals surface area contributed by atoms with Gasteiger partial charge in [-0.2, -0.15) is 0 Å². The predicted molar refractivity (Wildman–Crippen MR) is 47.5 cm³/mol. The van der Waals surface area contributed by atoms with Crippen molar-refractivity contribution >= 4 is 5.97 Å². The molecule has 1 aromatic rings. The highest BCUT2D eigenvalue weighted by molar-refractivity contribution is 5.87. The molecule has 0 atom stereocenters. The van der Waals surface area contributed by atoms with Gasteiger partial charge in [-0.3, -0.25) is 4.79 Å². The zero-order chi connectivity index (χ0) is 9.68. The largest absolute Gasteiger partial charge is 0.457 e. The van der Waals surface area contributed by atoms with Gasteiger partial charge >= 0.3 is 5.97 Å². The summed E-state index contributed by atoms with van der Waals surface area (Å²) in [5.74, 6) is -0.558. The molecule has 4 heteroatoms. The maximum Gasteiger partial charge on any atom is 0.355 e. The molecule has 1 heterocycles. The molecule has 0 aliphatic heterocycles. The van der Waals surface area contributed by atoms with E-state index in [1.165, 1.54) is 24.4 Å². The van der Waals surface area contributed by atoms with E-state index in [0.29, 0.717) is 0 Å². The molecule has 0 spiro atoms. The van der Waals surface area contributed by atoms with Crippen LogP contribution in [-0.2, 0) is 4.74 Å². The minimum absolute atomic E-state index is 0.135. The average Bonchev–Trinajstić information content (AvgIpc) is 2.14. The number of nitrogens with one attached hydrogen (secondary N) is 1. The van der Waals surface area contributed by atoms with Crippen LogP contribution in [0.4, 0.5) is 0 Å². The summed E-state index contributed by atoms with van der Waals surface area (Å²) in [5.41, 5.74) is -0.0846. The Bertz CT molecular complexity index is 367. The van der Waals surface area contributed by atoms with Crippen LogP contribution in [0.5, 0.6) is 0 Å². The minimum Gasteiger partial charge on any atom is -0.457 e. The third kappa shape index (κ3) is 2.59. The van der Waals surface area contributed by atoms with E-state index in [-0.39, 0.29) is 17.7 Å². The number of hydrogen-bond acceptors (Lipinski definition) is 3. The Labute approximate surface area is 74.9 Å². The third-order valence-electron chi connectivity index (χ3n) is 1.33. The molecule has 1 aromatic heterocycles. The second-order valence-electron chi connectivity index (χ2n) is 2.33. The molecular weight excluding hydrogens is 170 g/mol. The molecule has 0 aliphatic rings. The monoisotopic (exact) mass is 179 g/mol. The number of ether oxygens (including phenoxy) is 1. The van der Waals surface area contributed by atoms with Crippen LogP contribution in [-0.4, -0.2) is 17.6 Å². The van der Waals surface area contributed by atoms with Gasteiger partial charge in [-0.25, -0.2) is 4.79 Å². The van der Waals surface area contributed by atoms with Gasteiger partial charge in [0, 0.05) is 18.3 Å². The zero-order valence-corrected chi connectivity index (χ0v) is 6.95. The third-order valence-corrected chi connectivity index (χ3v) is 1.33. The second-order valence-corrected chi connectivity index (χ2v) is 2.33. The van der Waals surface area contributed by atoms with Crippen molar-refractivity contribution in [3.05, 3.63) is 46.9 Å². The van der Waals surface area contributed by atoms with E-state index < -0.39 is 5.97 Å². The molecule has 4 nitrogen and oxygen atoms in total. The second kappa shape index (κ2) is 4.25. The highest BCUT2D eigenvalue weighted by Crippen LogP contribution is 1.92. The summed E-state index contributed by atoms with van der Waals surface area (Å²) in [6.45, 7) is 3.53. The van der Waals surface area contributed by atoms with Gasteiger partial charge in [0.15, 0.2) is 5.43 Å². The first kappa shape index (κ1) is 9.25. The smallest absolute Gasteiger partial charge is 0.355 e. The van der Waals surface area contributed by atoms with E-state index in [1.54, 1.807) is 0 Å². The first-order valence-corrected chi connectivity index (χ1v) is 3.71. The SMILES string of the molecule is C=CCOC(=O)c1cc(=O)cc[nH]1. The normalized spacial score (nSPS) is 9.23. The summed E-state index contributed by atoms with van der Waals surface area (Å²) in [6, 6.07) is 2.51. The van der Waals surface area contributed by atoms with Crippen LogP contribution >= 0.6 is 0 Å². The van der Waals surface area contributed by atoms with E-state index in [2.05, 4.69) is 11.6 Å². The number of aromatic amines is 1. The van der Waals surface area contributed by atoms with Gasteiger partial charge in [0.05, 0.1) is 0 Å². The highest BCUT2D eigenvalue weighted by Gasteiger charge is 2.05. The molecule has 0 saturated heterocycles. The quantitative estimate of drug-likeness (QED) is 0.549. The maximum atomic E-state index is 11.1. The molecule has 68 valence electrons. The fraction of sp³-hybridized carbons (Fsp3) is 0.111. The summed E-state index contributed by atoms with van der Waals surface area (Å²) < 4.78 is 4.71. The van der Waals surface area contributed by atoms with Gasteiger partial charge in [-0.1, -0.05) is 12.7 Å². The van der Waals surface area contributed by atoms with Crippen LogP contribution in [0.15, 0.2) is 35.8 Å². The lowest BCUT2D eigenvalue weighted by Crippen LogP contribution is -2.10. The van der Waals surface area contributed by atoms with Crippen molar-refractivity contribution in [2.45, 2.75) is 0 Å². The molecule has 0 radical (unpaired) electrons. The summed E-state index contributed by atoms with van der Waals surface area (Å²) in [6.07, 6.45) is 2.85. The van der Waals surface area contributed by atoms with Crippen LogP contribution < -0.4 is 5.43 Å². The van der Waals surface area contributed by atoms with E-state index in [1.807, 2.05) is 0 Å². The zero-order valence-electron chi connectivity index (χ0n) is 6.95. The van der Waals surface area contributed by atoms with Crippen molar-refractivity contribution in [1.82, 2.24) is 4.98 Å². The number of esters is 1. The van der Waals surface area contributed by atoms with Crippen molar-refractivity contribution in [2.24, 2.45) is 0 Å². The van der Waals surface area contributed by atoms with Crippen molar-refractivity contribution in [2.75, 3.05) is 6.61 Å². The molecule has 1 rings (SSSR count). The van der Waals surface area contributed by atoms with Crippen molar-refractivity contribution in [1.29, 1.82) is 0 Å². The van der Waals surface area contributed by atoms with Crippen LogP contribution in [0, 0.1) is 0 Å². The summed E-state index contributed by atoms with van der Waals surface area (Å²) in [7, 11) is 0. The van der Waals surface area contributed by atoms with Crippen molar-refractivity contribution < 1.29 is 9.53 Å². The maximum absolute atomic E-state index is 11.1. The molecular formula is C9H9NO3. The molecule has 1 N–H and O–H groups in total. The lowest BCUT2D eigenvalue weighted by molar-refractivity contribution is 0.0543. The van der Waals surface area contributed by atoms with Gasteiger partial charge in [-0.05, 0) is 0 Å². The Morgan fingerprint density at radius 1 is 1.69 bits per heavy atom. The number of carbonyl (C=O) groups excluding carboxylic acids is 1. The molecule has 13 heavy (non-hydrogen) atoms. The standard InChI is InChI=1S/C9H9NO3/c1-2-5-13-9(12)8-6-7(11)3-4-10-8/h2-4,6H,1,5H2,(H,10,11). The molecule has 0 aliphatic carbocycles. The number of pyridine rings is 1.